The number of aliphatic carboxylic acids is 1. The molecular formula is C11H11ClFNO3. The number of hydrogen-bond donors (Lipinski definition) is 2. The summed E-state index contributed by atoms with van der Waals surface area (Å²) in [4.78, 5) is 21.9. The number of carbonyl (C=O) groups excluding carboxylic acids is 1. The molecule has 1 aromatic rings. The van der Waals surface area contributed by atoms with Gasteiger partial charge in [0.15, 0.2) is 0 Å². The summed E-state index contributed by atoms with van der Waals surface area (Å²) in [6.45, 7) is 1.32. The fraction of sp³-hybridized carbons (Fsp3) is 0.273. The van der Waals surface area contributed by atoms with E-state index in [1.54, 1.807) is 0 Å². The summed E-state index contributed by atoms with van der Waals surface area (Å²) in [7, 11) is 0. The van der Waals surface area contributed by atoms with Crippen molar-refractivity contribution in [1.82, 2.24) is 5.32 Å². The number of benzene rings is 1. The molecule has 6 heteroatoms. The molecule has 0 saturated carbocycles. The summed E-state index contributed by atoms with van der Waals surface area (Å²) in [6, 6.07) is 3.06. The van der Waals surface area contributed by atoms with Crippen molar-refractivity contribution < 1.29 is 19.1 Å². The lowest BCUT2D eigenvalue weighted by Crippen LogP contribution is -2.39. The average Bonchev–Trinajstić information content (AvgIpc) is 2.23. The summed E-state index contributed by atoms with van der Waals surface area (Å²) in [5, 5.41) is 11.0. The molecule has 0 spiro atoms. The van der Waals surface area contributed by atoms with E-state index < -0.39 is 23.7 Å². The maximum atomic E-state index is 13.3. The first kappa shape index (κ1) is 13.4. The number of carbonyl (C=O) groups is 2. The smallest absolute Gasteiger partial charge is 0.325 e. The number of halogens is 2. The molecule has 0 heterocycles. The van der Waals surface area contributed by atoms with E-state index in [1.807, 2.05) is 0 Å². The quantitative estimate of drug-likeness (QED) is 0.863. The first-order chi connectivity index (χ1) is 7.91. The van der Waals surface area contributed by atoms with Crippen molar-refractivity contribution in [3.05, 3.63) is 34.6 Å². The monoisotopic (exact) mass is 259 g/mol. The number of carboxylic acids is 1. The highest BCUT2D eigenvalue weighted by atomic mass is 35.5. The zero-order valence-electron chi connectivity index (χ0n) is 9.04. The molecule has 0 unspecified atom stereocenters. The number of rotatable bonds is 4. The molecule has 17 heavy (non-hydrogen) atoms. The number of carboxylic acid groups (broad SMARTS) is 1. The summed E-state index contributed by atoms with van der Waals surface area (Å²) in [5.41, 5.74) is 0.0595. The lowest BCUT2D eigenvalue weighted by molar-refractivity contribution is -0.141. The minimum atomic E-state index is -1.15. The van der Waals surface area contributed by atoms with Crippen molar-refractivity contribution >= 4 is 23.5 Å². The van der Waals surface area contributed by atoms with Gasteiger partial charge < -0.3 is 10.4 Å². The molecule has 1 aromatic carbocycles. The van der Waals surface area contributed by atoms with Crippen LogP contribution in [0.15, 0.2) is 18.2 Å². The average molecular weight is 260 g/mol. The zero-order valence-corrected chi connectivity index (χ0v) is 9.79. The molecule has 2 N–H and O–H groups in total. The van der Waals surface area contributed by atoms with Crippen molar-refractivity contribution in [2.24, 2.45) is 0 Å². The van der Waals surface area contributed by atoms with Crippen molar-refractivity contribution in [1.29, 1.82) is 0 Å². The van der Waals surface area contributed by atoms with Gasteiger partial charge in [0.25, 0.3) is 0 Å². The van der Waals surface area contributed by atoms with Crippen LogP contribution in [0.4, 0.5) is 4.39 Å². The summed E-state index contributed by atoms with van der Waals surface area (Å²) in [5.74, 6) is -2.33. The third-order valence-corrected chi connectivity index (χ3v) is 2.50. The van der Waals surface area contributed by atoms with Crippen LogP contribution >= 0.6 is 11.6 Å². The topological polar surface area (TPSA) is 66.4 Å². The Bertz CT molecular complexity index is 430. The van der Waals surface area contributed by atoms with Gasteiger partial charge in [0.1, 0.15) is 11.9 Å². The molecule has 0 aliphatic carbocycles. The molecular weight excluding hydrogens is 249 g/mol. The summed E-state index contributed by atoms with van der Waals surface area (Å²) >= 11 is 5.74. The van der Waals surface area contributed by atoms with Gasteiger partial charge in [-0.25, -0.2) is 4.39 Å². The first-order valence-corrected chi connectivity index (χ1v) is 5.24. The lowest BCUT2D eigenvalue weighted by atomic mass is 10.1. The second kappa shape index (κ2) is 5.63. The van der Waals surface area contributed by atoms with E-state index in [0.29, 0.717) is 0 Å². The van der Waals surface area contributed by atoms with Gasteiger partial charge >= 0.3 is 5.97 Å². The fourth-order valence-electron chi connectivity index (χ4n) is 1.22. The van der Waals surface area contributed by atoms with Crippen molar-refractivity contribution in [2.75, 3.05) is 0 Å². The van der Waals surface area contributed by atoms with Crippen molar-refractivity contribution in [2.45, 2.75) is 19.4 Å². The second-order valence-corrected chi connectivity index (χ2v) is 3.91. The van der Waals surface area contributed by atoms with Crippen LogP contribution in [0.5, 0.6) is 0 Å². The van der Waals surface area contributed by atoms with E-state index in [1.165, 1.54) is 25.1 Å². The molecule has 1 rings (SSSR count). The Kier molecular flexibility index (Phi) is 4.45. The van der Waals surface area contributed by atoms with E-state index in [0.717, 1.165) is 0 Å². The Morgan fingerprint density at radius 1 is 1.53 bits per heavy atom. The van der Waals surface area contributed by atoms with Crippen molar-refractivity contribution in [3.8, 4) is 0 Å². The second-order valence-electron chi connectivity index (χ2n) is 3.50. The first-order valence-electron chi connectivity index (χ1n) is 4.87. The van der Waals surface area contributed by atoms with Crippen LogP contribution in [-0.4, -0.2) is 23.0 Å². The van der Waals surface area contributed by atoms with Gasteiger partial charge in [0, 0.05) is 10.6 Å². The minimum Gasteiger partial charge on any atom is -0.480 e. The Balaban J connectivity index is 2.72. The predicted octanol–water partition coefficient (Wildman–Crippen LogP) is 1.61. The molecule has 0 radical (unpaired) electrons. The Hall–Kier alpha value is -1.62. The molecule has 0 aliphatic rings. The maximum Gasteiger partial charge on any atom is 0.325 e. The largest absolute Gasteiger partial charge is 0.480 e. The highest BCUT2D eigenvalue weighted by Crippen LogP contribution is 2.19. The summed E-state index contributed by atoms with van der Waals surface area (Å²) in [6.07, 6.45) is -0.289. The van der Waals surface area contributed by atoms with E-state index in [9.17, 15) is 14.0 Å². The Morgan fingerprint density at radius 3 is 2.71 bits per heavy atom. The SMILES string of the molecule is C[C@H](NC(=O)Cc1c(F)cccc1Cl)C(=O)O. The third-order valence-electron chi connectivity index (χ3n) is 2.15. The number of hydrogen-bond acceptors (Lipinski definition) is 2. The predicted molar refractivity (Wildman–Crippen MR) is 60.4 cm³/mol. The summed E-state index contributed by atoms with van der Waals surface area (Å²) < 4.78 is 13.3. The third kappa shape index (κ3) is 3.71. The molecule has 0 saturated heterocycles. The molecule has 1 atom stereocenters. The Morgan fingerprint density at radius 2 is 2.18 bits per heavy atom. The molecule has 4 nitrogen and oxygen atoms in total. The van der Waals surface area contributed by atoms with Crippen LogP contribution in [0, 0.1) is 5.82 Å². The molecule has 1 amide bonds. The molecule has 0 aliphatic heterocycles. The number of amides is 1. The van der Waals surface area contributed by atoms with Crippen LogP contribution in [0.2, 0.25) is 5.02 Å². The zero-order chi connectivity index (χ0) is 13.0. The molecule has 0 aromatic heterocycles. The van der Waals surface area contributed by atoms with E-state index in [-0.39, 0.29) is 17.0 Å². The van der Waals surface area contributed by atoms with E-state index in [2.05, 4.69) is 5.32 Å². The van der Waals surface area contributed by atoms with Gasteiger partial charge in [-0.05, 0) is 19.1 Å². The molecule has 0 bridgehead atoms. The number of nitrogens with one attached hydrogen (secondary N) is 1. The van der Waals surface area contributed by atoms with Gasteiger partial charge in [-0.1, -0.05) is 17.7 Å². The minimum absolute atomic E-state index is 0.0595. The van der Waals surface area contributed by atoms with Crippen LogP contribution in [-0.2, 0) is 16.0 Å². The molecule has 0 fully saturated rings. The lowest BCUT2D eigenvalue weighted by Gasteiger charge is -2.10. The van der Waals surface area contributed by atoms with Gasteiger partial charge in [-0.2, -0.15) is 0 Å². The highest BCUT2D eigenvalue weighted by molar-refractivity contribution is 6.31. The Labute approximate surface area is 102 Å². The van der Waals surface area contributed by atoms with E-state index in [4.69, 9.17) is 16.7 Å². The maximum absolute atomic E-state index is 13.3. The standard InChI is InChI=1S/C11H11ClFNO3/c1-6(11(16)17)14-10(15)5-7-8(12)3-2-4-9(7)13/h2-4,6H,5H2,1H3,(H,14,15)(H,16,17)/t6-/m0/s1. The van der Waals surface area contributed by atoms with Gasteiger partial charge in [0.05, 0.1) is 6.42 Å². The van der Waals surface area contributed by atoms with Gasteiger partial charge in [-0.15, -0.1) is 0 Å². The normalized spacial score (nSPS) is 11.9. The van der Waals surface area contributed by atoms with E-state index >= 15 is 0 Å². The van der Waals surface area contributed by atoms with Crippen LogP contribution in [0.25, 0.3) is 0 Å². The van der Waals surface area contributed by atoms with Gasteiger partial charge in [-0.3, -0.25) is 9.59 Å². The van der Waals surface area contributed by atoms with Crippen molar-refractivity contribution in [3.63, 3.8) is 0 Å². The molecule has 92 valence electrons. The fourth-order valence-corrected chi connectivity index (χ4v) is 1.45. The van der Waals surface area contributed by atoms with Crippen LogP contribution < -0.4 is 5.32 Å². The van der Waals surface area contributed by atoms with Gasteiger partial charge in [0.2, 0.25) is 5.91 Å². The van der Waals surface area contributed by atoms with Crippen LogP contribution in [0.3, 0.4) is 0 Å². The highest BCUT2D eigenvalue weighted by Gasteiger charge is 2.16. The van der Waals surface area contributed by atoms with Crippen LogP contribution in [0.1, 0.15) is 12.5 Å².